The second-order valence-electron chi connectivity index (χ2n) is 9.92. The molecule has 0 bridgehead atoms. The van der Waals surface area contributed by atoms with Crippen molar-refractivity contribution >= 4 is 45.4 Å². The molecule has 0 radical (unpaired) electrons. The van der Waals surface area contributed by atoms with Gasteiger partial charge in [0, 0.05) is 44.6 Å². The van der Waals surface area contributed by atoms with Crippen LogP contribution in [0.2, 0.25) is 0 Å². The van der Waals surface area contributed by atoms with Crippen LogP contribution in [0.4, 0.5) is 9.59 Å². The van der Waals surface area contributed by atoms with Crippen LogP contribution >= 0.6 is 11.3 Å². The summed E-state index contributed by atoms with van der Waals surface area (Å²) in [5.41, 5.74) is 3.51. The zero-order chi connectivity index (χ0) is 31.8. The molecule has 1 aromatic carbocycles. The van der Waals surface area contributed by atoms with E-state index in [1.54, 1.807) is 30.2 Å². The van der Waals surface area contributed by atoms with E-state index >= 15 is 0 Å². The quantitative estimate of drug-likeness (QED) is 0.0907. The minimum absolute atomic E-state index is 0.188. The average Bonchev–Trinajstić information content (AvgIpc) is 3.36. The minimum atomic E-state index is -1.12. The van der Waals surface area contributed by atoms with E-state index in [1.807, 2.05) is 50.4 Å². The van der Waals surface area contributed by atoms with Gasteiger partial charge >= 0.3 is 12.1 Å². The van der Waals surface area contributed by atoms with Gasteiger partial charge in [-0.3, -0.25) is 15.0 Å². The van der Waals surface area contributed by atoms with E-state index in [1.165, 1.54) is 5.01 Å². The summed E-state index contributed by atoms with van der Waals surface area (Å²) in [7, 11) is 1.55. The maximum atomic E-state index is 14.3. The lowest BCUT2D eigenvalue weighted by atomic mass is 10.0. The van der Waals surface area contributed by atoms with Crippen LogP contribution in [-0.4, -0.2) is 97.2 Å². The first-order chi connectivity index (χ1) is 20.6. The Bertz CT molecular complexity index is 1170. The summed E-state index contributed by atoms with van der Waals surface area (Å²) in [6, 6.07) is 6.11. The smallest absolute Gasteiger partial charge is 0.404 e. The van der Waals surface area contributed by atoms with Gasteiger partial charge in [-0.25, -0.2) is 14.6 Å². The van der Waals surface area contributed by atoms with Crippen molar-refractivity contribution in [2.75, 3.05) is 39.9 Å². The fourth-order valence-electron chi connectivity index (χ4n) is 4.56. The van der Waals surface area contributed by atoms with Gasteiger partial charge in [0.1, 0.15) is 6.04 Å². The predicted octanol–water partition coefficient (Wildman–Crippen LogP) is 3.11. The first-order valence-electron chi connectivity index (χ1n) is 14.6. The number of amides is 5. The highest BCUT2D eigenvalue weighted by atomic mass is 32.1. The lowest BCUT2D eigenvalue weighted by molar-refractivity contribution is -0.179. The molecule has 5 amide bonds. The Morgan fingerprint density at radius 1 is 1.02 bits per heavy atom. The Morgan fingerprint density at radius 2 is 1.72 bits per heavy atom. The van der Waals surface area contributed by atoms with E-state index in [0.29, 0.717) is 32.6 Å². The Labute approximate surface area is 257 Å². The Morgan fingerprint density at radius 3 is 2.37 bits per heavy atom. The minimum Gasteiger partial charge on any atom is -0.465 e. The number of unbranched alkanes of at least 4 members (excludes halogenated alkanes) is 1. The monoisotopic (exact) mass is 622 g/mol. The number of hydrazine groups is 1. The van der Waals surface area contributed by atoms with Gasteiger partial charge in [0.05, 0.1) is 12.6 Å². The molecule has 14 heteroatoms. The molecule has 0 saturated heterocycles. The number of urea groups is 1. The molecule has 0 aliphatic rings. The van der Waals surface area contributed by atoms with Gasteiger partial charge in [0.25, 0.3) is 0 Å². The summed E-state index contributed by atoms with van der Waals surface area (Å²) < 4.78 is 12.8. The summed E-state index contributed by atoms with van der Waals surface area (Å²) >= 11 is 1.59. The maximum absolute atomic E-state index is 14.3. The third kappa shape index (κ3) is 12.0. The van der Waals surface area contributed by atoms with Crippen molar-refractivity contribution in [1.82, 2.24) is 31.3 Å². The predicted molar refractivity (Wildman–Crippen MR) is 166 cm³/mol. The van der Waals surface area contributed by atoms with Gasteiger partial charge < -0.3 is 35.4 Å². The number of carbonyl (C=O) groups excluding carboxylic acids is 3. The fraction of sp³-hybridized carbons (Fsp3) is 0.586. The van der Waals surface area contributed by atoms with Crippen molar-refractivity contribution in [1.29, 1.82) is 0 Å². The molecule has 2 unspecified atom stereocenters. The van der Waals surface area contributed by atoms with Crippen LogP contribution in [0.3, 0.4) is 0 Å². The highest BCUT2D eigenvalue weighted by Gasteiger charge is 2.34. The van der Waals surface area contributed by atoms with Crippen LogP contribution in [0.1, 0.15) is 52.5 Å². The number of rotatable bonds is 19. The molecule has 2 atom stereocenters. The molecule has 240 valence electrons. The number of fused-ring (bicyclic) bond motifs is 1. The molecule has 5 N–H and O–H groups in total. The van der Waals surface area contributed by atoms with Crippen molar-refractivity contribution in [3.8, 4) is 0 Å². The first kappa shape index (κ1) is 35.7. The van der Waals surface area contributed by atoms with Gasteiger partial charge in [-0.1, -0.05) is 18.2 Å². The lowest BCUT2D eigenvalue weighted by Gasteiger charge is -2.36. The molecule has 1 heterocycles. The molecule has 0 saturated carbocycles. The van der Waals surface area contributed by atoms with E-state index in [2.05, 4.69) is 21.4 Å². The van der Waals surface area contributed by atoms with Crippen LogP contribution in [0, 0.1) is 0 Å². The number of nitrogens with zero attached hydrogens (tertiary/aromatic N) is 2. The molecule has 0 fully saturated rings. The highest BCUT2D eigenvalue weighted by molar-refractivity contribution is 7.17. The van der Waals surface area contributed by atoms with E-state index in [0.717, 1.165) is 15.6 Å². The van der Waals surface area contributed by atoms with Crippen molar-refractivity contribution in [2.24, 2.45) is 0 Å². The number of ether oxygens (including phenoxy) is 2. The number of hydrogen-bond acceptors (Lipinski definition) is 8. The summed E-state index contributed by atoms with van der Waals surface area (Å²) in [5.74, 6) is -0.771. The third-order valence-electron chi connectivity index (χ3n) is 6.57. The number of nitrogens with one attached hydrogen (secondary N) is 4. The second kappa shape index (κ2) is 18.9. The summed E-state index contributed by atoms with van der Waals surface area (Å²) in [6.07, 6.45) is -0.568. The zero-order valence-corrected chi connectivity index (χ0v) is 26.5. The van der Waals surface area contributed by atoms with E-state index < -0.39 is 36.4 Å². The zero-order valence-electron chi connectivity index (χ0n) is 25.7. The molecule has 2 aromatic rings. The third-order valence-corrected chi connectivity index (χ3v) is 7.58. The summed E-state index contributed by atoms with van der Waals surface area (Å²) in [6.45, 7) is 8.87. The van der Waals surface area contributed by atoms with E-state index in [-0.39, 0.29) is 32.0 Å². The normalized spacial score (nSPS) is 12.6. The van der Waals surface area contributed by atoms with Crippen molar-refractivity contribution in [3.63, 3.8) is 0 Å². The van der Waals surface area contributed by atoms with Gasteiger partial charge in [-0.05, 0) is 69.4 Å². The molecular weight excluding hydrogens is 576 g/mol. The average molecular weight is 623 g/mol. The fourth-order valence-corrected chi connectivity index (χ4v) is 5.51. The largest absolute Gasteiger partial charge is 0.465 e. The van der Waals surface area contributed by atoms with E-state index in [4.69, 9.17) is 14.6 Å². The van der Waals surface area contributed by atoms with Crippen LogP contribution in [0.25, 0.3) is 10.1 Å². The number of benzene rings is 1. The molecule has 2 rings (SSSR count). The number of thiophene rings is 1. The Hall–Kier alpha value is -3.46. The van der Waals surface area contributed by atoms with E-state index in [9.17, 15) is 19.2 Å². The molecule has 0 spiro atoms. The van der Waals surface area contributed by atoms with Gasteiger partial charge in [0.2, 0.25) is 11.8 Å². The first-order valence-corrected chi connectivity index (χ1v) is 15.5. The maximum Gasteiger partial charge on any atom is 0.404 e. The Balaban J connectivity index is 2.33. The topological polar surface area (TPSA) is 162 Å². The second-order valence-corrected chi connectivity index (χ2v) is 10.8. The molecule has 0 aliphatic heterocycles. The van der Waals surface area contributed by atoms with Gasteiger partial charge in [-0.15, -0.1) is 11.3 Å². The molecule has 43 heavy (non-hydrogen) atoms. The lowest BCUT2D eigenvalue weighted by Crippen LogP contribution is -2.56. The highest BCUT2D eigenvalue weighted by Crippen LogP contribution is 2.28. The van der Waals surface area contributed by atoms with Crippen LogP contribution < -0.4 is 21.4 Å². The van der Waals surface area contributed by atoms with Crippen LogP contribution in [0.5, 0.6) is 0 Å². The number of likely N-dealkylation sites (N-methyl/N-ethyl adjacent to an activating group) is 1. The van der Waals surface area contributed by atoms with Crippen molar-refractivity contribution in [3.05, 3.63) is 35.2 Å². The molecule has 1 aromatic heterocycles. The molecular formula is C29H46N6O7S. The van der Waals surface area contributed by atoms with Crippen LogP contribution in [-0.2, 0) is 25.6 Å². The van der Waals surface area contributed by atoms with Crippen molar-refractivity contribution in [2.45, 2.75) is 71.9 Å². The van der Waals surface area contributed by atoms with Gasteiger partial charge in [0.15, 0.2) is 6.29 Å². The number of hydrogen-bond donors (Lipinski definition) is 5. The standard InChI is InChI=1S/C29H46N6O7S/c1-6-30-28(38)33-34(5)18-25(36)32-23(14-11-12-16-31-29(39)40)26(37)35(20(4)27(41-7-2)42-8-3)17-21-19-43-24-15-10-9-13-22(21)24/h9-10,13,15,19-20,23,27,31H,6-8,11-12,14,16-18H2,1-5H3,(H,32,36)(H,39,40)(H2,30,33,38). The van der Waals surface area contributed by atoms with Crippen molar-refractivity contribution < 1.29 is 33.8 Å². The van der Waals surface area contributed by atoms with Crippen LogP contribution in [0.15, 0.2) is 29.6 Å². The molecule has 13 nitrogen and oxygen atoms in total. The Kier molecular flexibility index (Phi) is 15.7. The summed E-state index contributed by atoms with van der Waals surface area (Å²) in [4.78, 5) is 51.8. The summed E-state index contributed by atoms with van der Waals surface area (Å²) in [5, 5.41) is 21.1. The van der Waals surface area contributed by atoms with Gasteiger partial charge in [-0.2, -0.15) is 0 Å². The number of carbonyl (C=O) groups is 4. The molecule has 0 aliphatic carbocycles. The SMILES string of the molecule is CCNC(=O)NN(C)CC(=O)NC(CCCCNC(=O)O)C(=O)N(Cc1csc2ccccc12)C(C)C(OCC)OCC. The number of carboxylic acid groups (broad SMARTS) is 1.